The van der Waals surface area contributed by atoms with Gasteiger partial charge in [0.05, 0.1) is 30.7 Å². The molecule has 0 aromatic carbocycles. The fraction of sp³-hybridized carbons (Fsp3) is 0.333. The summed E-state index contributed by atoms with van der Waals surface area (Å²) in [6.07, 6.45) is 5.75. The Kier molecular flexibility index (Phi) is 5.13. The summed E-state index contributed by atoms with van der Waals surface area (Å²) in [7, 11) is 1.56. The highest BCUT2D eigenvalue weighted by molar-refractivity contribution is 8.13. The van der Waals surface area contributed by atoms with E-state index in [0.29, 0.717) is 22.3 Å². The predicted octanol–water partition coefficient (Wildman–Crippen LogP) is 2.71. The van der Waals surface area contributed by atoms with E-state index in [1.807, 2.05) is 19.9 Å². The van der Waals surface area contributed by atoms with Gasteiger partial charge in [-0.05, 0) is 43.5 Å². The van der Waals surface area contributed by atoms with Crippen LogP contribution < -0.4 is 15.8 Å². The molecule has 0 aliphatic carbocycles. The first-order valence-corrected chi connectivity index (χ1v) is 9.15. The number of methoxy groups -OCH3 is 1. The highest BCUT2D eigenvalue weighted by Crippen LogP contribution is 2.35. The molecular weight excluding hydrogens is 350 g/mol. The molecule has 3 heterocycles. The van der Waals surface area contributed by atoms with Crippen molar-refractivity contribution in [2.45, 2.75) is 25.8 Å². The van der Waals surface area contributed by atoms with E-state index < -0.39 is 5.54 Å². The molecule has 0 saturated heterocycles. The van der Waals surface area contributed by atoms with Crippen molar-refractivity contribution in [1.82, 2.24) is 9.97 Å². The van der Waals surface area contributed by atoms with Crippen molar-refractivity contribution in [3.05, 3.63) is 47.5 Å². The fourth-order valence-electron chi connectivity index (χ4n) is 2.79. The number of aryl methyl sites for hydroxylation is 1. The molecule has 3 rings (SSSR count). The number of amides is 1. The number of aliphatic imine (C=N–C) groups is 1. The van der Waals surface area contributed by atoms with Gasteiger partial charge in [-0.3, -0.25) is 14.8 Å². The van der Waals surface area contributed by atoms with Gasteiger partial charge in [0.1, 0.15) is 11.4 Å². The topological polar surface area (TPSA) is 102 Å². The molecule has 7 nitrogen and oxygen atoms in total. The number of carbonyl (C=O) groups excluding carboxylic acids is 1. The SMILES string of the molecule is COc1cnc(C(=O)Nc2cncc([C@]3(C)CCSC(N)=N3)c2)c(C)c1. The molecule has 1 aliphatic heterocycles. The summed E-state index contributed by atoms with van der Waals surface area (Å²) in [4.78, 5) is 25.6. The van der Waals surface area contributed by atoms with Crippen LogP contribution in [0.2, 0.25) is 0 Å². The summed E-state index contributed by atoms with van der Waals surface area (Å²) in [5.74, 6) is 1.22. The molecule has 0 radical (unpaired) electrons. The van der Waals surface area contributed by atoms with Gasteiger partial charge in [-0.1, -0.05) is 11.8 Å². The lowest BCUT2D eigenvalue weighted by Crippen LogP contribution is -2.29. The molecule has 0 fully saturated rings. The zero-order valence-electron chi connectivity index (χ0n) is 14.9. The number of ether oxygens (including phenoxy) is 1. The molecule has 1 amide bonds. The van der Waals surface area contributed by atoms with Gasteiger partial charge in [-0.2, -0.15) is 0 Å². The lowest BCUT2D eigenvalue weighted by molar-refractivity contribution is 0.102. The minimum atomic E-state index is -0.433. The van der Waals surface area contributed by atoms with Crippen LogP contribution >= 0.6 is 11.8 Å². The monoisotopic (exact) mass is 371 g/mol. The first-order chi connectivity index (χ1) is 12.4. The number of amidine groups is 1. The summed E-state index contributed by atoms with van der Waals surface area (Å²) in [6, 6.07) is 3.66. The Bertz CT molecular complexity index is 870. The number of nitrogens with one attached hydrogen (secondary N) is 1. The van der Waals surface area contributed by atoms with Crippen molar-refractivity contribution < 1.29 is 9.53 Å². The van der Waals surface area contributed by atoms with Crippen molar-refractivity contribution in [3.63, 3.8) is 0 Å². The van der Waals surface area contributed by atoms with Crippen LogP contribution in [0.3, 0.4) is 0 Å². The van der Waals surface area contributed by atoms with Gasteiger partial charge in [0.15, 0.2) is 5.17 Å². The smallest absolute Gasteiger partial charge is 0.274 e. The quantitative estimate of drug-likeness (QED) is 0.857. The maximum atomic E-state index is 12.6. The average Bonchev–Trinajstić information content (AvgIpc) is 2.61. The Morgan fingerprint density at radius 2 is 2.15 bits per heavy atom. The molecule has 0 unspecified atom stereocenters. The van der Waals surface area contributed by atoms with Gasteiger partial charge in [0, 0.05) is 11.9 Å². The summed E-state index contributed by atoms with van der Waals surface area (Å²) in [6.45, 7) is 3.84. The van der Waals surface area contributed by atoms with Crippen LogP contribution in [0.1, 0.15) is 35.0 Å². The van der Waals surface area contributed by atoms with Crippen LogP contribution in [0.4, 0.5) is 5.69 Å². The molecule has 8 heteroatoms. The Balaban J connectivity index is 1.83. The van der Waals surface area contributed by atoms with E-state index >= 15 is 0 Å². The molecule has 2 aromatic rings. The highest BCUT2D eigenvalue weighted by atomic mass is 32.2. The molecule has 26 heavy (non-hydrogen) atoms. The van der Waals surface area contributed by atoms with Crippen molar-refractivity contribution in [3.8, 4) is 5.75 Å². The number of hydrogen-bond acceptors (Lipinski definition) is 7. The van der Waals surface area contributed by atoms with Crippen LogP contribution in [0, 0.1) is 6.92 Å². The second kappa shape index (κ2) is 7.33. The summed E-state index contributed by atoms with van der Waals surface area (Å²) in [5.41, 5.74) is 8.05. The molecule has 3 N–H and O–H groups in total. The lowest BCUT2D eigenvalue weighted by Gasteiger charge is -2.29. The summed E-state index contributed by atoms with van der Waals surface area (Å²) >= 11 is 1.55. The molecule has 1 atom stereocenters. The second-order valence-electron chi connectivity index (χ2n) is 6.28. The number of carbonyl (C=O) groups is 1. The van der Waals surface area contributed by atoms with E-state index in [1.165, 1.54) is 6.20 Å². The molecule has 0 saturated carbocycles. The molecule has 0 bridgehead atoms. The second-order valence-corrected chi connectivity index (χ2v) is 7.39. The summed E-state index contributed by atoms with van der Waals surface area (Å²) < 4.78 is 5.12. The van der Waals surface area contributed by atoms with Gasteiger partial charge in [0.25, 0.3) is 5.91 Å². The number of rotatable bonds is 4. The zero-order valence-corrected chi connectivity index (χ0v) is 15.8. The van der Waals surface area contributed by atoms with Gasteiger partial charge in [-0.25, -0.2) is 4.98 Å². The Hall–Kier alpha value is -2.61. The van der Waals surface area contributed by atoms with Gasteiger partial charge >= 0.3 is 0 Å². The highest BCUT2D eigenvalue weighted by Gasteiger charge is 2.30. The van der Waals surface area contributed by atoms with E-state index in [1.54, 1.807) is 37.3 Å². The normalized spacial score (nSPS) is 19.6. The van der Waals surface area contributed by atoms with E-state index in [9.17, 15) is 4.79 Å². The van der Waals surface area contributed by atoms with Crippen LogP contribution in [0.5, 0.6) is 5.75 Å². The van der Waals surface area contributed by atoms with Crippen LogP contribution in [0.25, 0.3) is 0 Å². The zero-order chi connectivity index (χ0) is 18.7. The maximum Gasteiger partial charge on any atom is 0.274 e. The molecular formula is C18H21N5O2S. The number of hydrogen-bond donors (Lipinski definition) is 2. The van der Waals surface area contributed by atoms with Gasteiger partial charge in [-0.15, -0.1) is 0 Å². The standard InChI is InChI=1S/C18H21N5O2S/c1-11-6-14(25-3)10-21-15(11)16(24)22-13-7-12(8-20-9-13)18(2)4-5-26-17(19)23-18/h6-10H,4-5H2,1-3H3,(H2,19,23)(H,22,24)/t18-/m0/s1. The first-order valence-electron chi connectivity index (χ1n) is 8.17. The number of nitrogens with zero attached hydrogens (tertiary/aromatic N) is 3. The third-order valence-electron chi connectivity index (χ3n) is 4.32. The van der Waals surface area contributed by atoms with E-state index in [2.05, 4.69) is 20.3 Å². The van der Waals surface area contributed by atoms with Crippen LogP contribution in [-0.4, -0.2) is 33.9 Å². The number of anilines is 1. The Morgan fingerprint density at radius 3 is 2.85 bits per heavy atom. The molecule has 136 valence electrons. The largest absolute Gasteiger partial charge is 0.495 e. The first kappa shape index (κ1) is 18.2. The van der Waals surface area contributed by atoms with E-state index in [-0.39, 0.29) is 5.91 Å². The Morgan fingerprint density at radius 1 is 1.35 bits per heavy atom. The van der Waals surface area contributed by atoms with Crippen molar-refractivity contribution in [1.29, 1.82) is 0 Å². The van der Waals surface area contributed by atoms with Gasteiger partial charge in [0.2, 0.25) is 0 Å². The van der Waals surface area contributed by atoms with Crippen LogP contribution in [-0.2, 0) is 5.54 Å². The number of nitrogens with two attached hydrogens (primary N) is 1. The minimum Gasteiger partial charge on any atom is -0.495 e. The number of aromatic nitrogens is 2. The third-order valence-corrected chi connectivity index (χ3v) is 5.11. The van der Waals surface area contributed by atoms with Crippen molar-refractivity contribution in [2.75, 3.05) is 18.2 Å². The number of thioether (sulfide) groups is 1. The van der Waals surface area contributed by atoms with E-state index in [0.717, 1.165) is 23.3 Å². The van der Waals surface area contributed by atoms with Crippen LogP contribution in [0.15, 0.2) is 35.7 Å². The third kappa shape index (κ3) is 3.80. The van der Waals surface area contributed by atoms with Crippen molar-refractivity contribution >= 4 is 28.5 Å². The molecule has 0 spiro atoms. The minimum absolute atomic E-state index is 0.295. The summed E-state index contributed by atoms with van der Waals surface area (Å²) in [5, 5.41) is 3.43. The maximum absolute atomic E-state index is 12.6. The number of pyridine rings is 2. The van der Waals surface area contributed by atoms with E-state index in [4.69, 9.17) is 10.5 Å². The predicted molar refractivity (Wildman–Crippen MR) is 104 cm³/mol. The molecule has 1 aliphatic rings. The lowest BCUT2D eigenvalue weighted by atomic mass is 9.91. The molecule has 2 aromatic heterocycles. The fourth-order valence-corrected chi connectivity index (χ4v) is 3.76. The Labute approximate surface area is 156 Å². The van der Waals surface area contributed by atoms with Crippen molar-refractivity contribution in [2.24, 2.45) is 10.7 Å². The average molecular weight is 371 g/mol. The van der Waals surface area contributed by atoms with Gasteiger partial charge < -0.3 is 15.8 Å².